The van der Waals surface area contributed by atoms with E-state index in [-0.39, 0.29) is 4.08 Å². The number of carbonyl (C=O) groups excluding carboxylic acids is 1. The molecule has 0 radical (unpaired) electrons. The lowest BCUT2D eigenvalue weighted by molar-refractivity contribution is -0.107. The molecule has 1 aliphatic heterocycles. The van der Waals surface area contributed by atoms with Gasteiger partial charge in [-0.05, 0) is 36.3 Å². The molecule has 3 heteroatoms. The fourth-order valence-electron chi connectivity index (χ4n) is 2.06. The first kappa shape index (κ1) is 13.0. The molecule has 17 heavy (non-hydrogen) atoms. The van der Waals surface area contributed by atoms with Crippen LogP contribution in [0.5, 0.6) is 0 Å². The van der Waals surface area contributed by atoms with Crippen LogP contribution in [0.1, 0.15) is 25.7 Å². The molecule has 1 heterocycles. The Bertz CT molecular complexity index is 335. The van der Waals surface area contributed by atoms with Gasteiger partial charge in [-0.1, -0.05) is 30.4 Å². The molecule has 2 rings (SSSR count). The lowest BCUT2D eigenvalue weighted by Crippen LogP contribution is -2.24. The molecule has 1 aliphatic carbocycles. The Morgan fingerprint density at radius 2 is 1.94 bits per heavy atom. The van der Waals surface area contributed by atoms with Gasteiger partial charge in [0.05, 0.1) is 4.08 Å². The lowest BCUT2D eigenvalue weighted by atomic mass is 10.1. The first-order valence-electron chi connectivity index (χ1n) is 6.11. The minimum Gasteiger partial charge on any atom is -0.303 e. The Hall–Kier alpha value is -0.410. The topological polar surface area (TPSA) is 17.1 Å². The molecule has 0 bridgehead atoms. The van der Waals surface area contributed by atoms with E-state index in [9.17, 15) is 4.79 Å². The Labute approximate surface area is 112 Å². The molecule has 0 aromatic rings. The highest BCUT2D eigenvalue weighted by atomic mass is 32.2. The van der Waals surface area contributed by atoms with E-state index in [0.29, 0.717) is 6.42 Å². The monoisotopic (exact) mass is 266 g/mol. The highest BCUT2D eigenvalue weighted by Gasteiger charge is 2.32. The van der Waals surface area contributed by atoms with Gasteiger partial charge < -0.3 is 4.79 Å². The minimum atomic E-state index is 0.246. The Kier molecular flexibility index (Phi) is 4.99. The summed E-state index contributed by atoms with van der Waals surface area (Å²) in [5.74, 6) is 2.47. The Morgan fingerprint density at radius 1 is 1.24 bits per heavy atom. The molecule has 2 aliphatic rings. The van der Waals surface area contributed by atoms with Gasteiger partial charge in [0.1, 0.15) is 6.29 Å². The van der Waals surface area contributed by atoms with Crippen LogP contribution in [0.15, 0.2) is 36.0 Å². The van der Waals surface area contributed by atoms with E-state index in [0.717, 1.165) is 19.1 Å². The summed E-state index contributed by atoms with van der Waals surface area (Å²) < 4.78 is 0.246. The van der Waals surface area contributed by atoms with E-state index in [4.69, 9.17) is 0 Å². The van der Waals surface area contributed by atoms with Crippen LogP contribution in [0.3, 0.4) is 0 Å². The average Bonchev–Trinajstić information content (AvgIpc) is 2.89. The second-order valence-electron chi connectivity index (χ2n) is 4.29. The lowest BCUT2D eigenvalue weighted by Gasteiger charge is -2.35. The molecular formula is C14H18OS2. The molecule has 0 saturated carbocycles. The predicted molar refractivity (Wildman–Crippen MR) is 78.5 cm³/mol. The van der Waals surface area contributed by atoms with Gasteiger partial charge in [0.25, 0.3) is 0 Å². The van der Waals surface area contributed by atoms with Crippen molar-refractivity contribution in [3.8, 4) is 0 Å². The minimum absolute atomic E-state index is 0.246. The van der Waals surface area contributed by atoms with Gasteiger partial charge in [-0.3, -0.25) is 0 Å². The summed E-state index contributed by atoms with van der Waals surface area (Å²) in [5, 5.41) is 0. The molecule has 1 saturated heterocycles. The zero-order chi connectivity index (χ0) is 12.0. The number of hydrogen-bond acceptors (Lipinski definition) is 3. The maximum Gasteiger partial charge on any atom is 0.120 e. The van der Waals surface area contributed by atoms with Crippen molar-refractivity contribution in [2.75, 3.05) is 11.5 Å². The fourth-order valence-corrected chi connectivity index (χ4v) is 5.32. The summed E-state index contributed by atoms with van der Waals surface area (Å²) in [7, 11) is 0. The van der Waals surface area contributed by atoms with E-state index in [1.165, 1.54) is 23.5 Å². The second kappa shape index (κ2) is 6.50. The fraction of sp³-hybridized carbons (Fsp3) is 0.500. The summed E-state index contributed by atoms with van der Waals surface area (Å²) in [5.41, 5.74) is 1.31. The van der Waals surface area contributed by atoms with Crippen LogP contribution in [0, 0.1) is 0 Å². The maximum atomic E-state index is 10.6. The van der Waals surface area contributed by atoms with Crippen LogP contribution < -0.4 is 0 Å². The summed E-state index contributed by atoms with van der Waals surface area (Å²) in [6, 6.07) is 0. The van der Waals surface area contributed by atoms with Crippen LogP contribution in [-0.4, -0.2) is 21.9 Å². The first-order valence-corrected chi connectivity index (χ1v) is 8.08. The van der Waals surface area contributed by atoms with E-state index in [1.54, 1.807) is 0 Å². The third-order valence-corrected chi connectivity index (χ3v) is 6.49. The molecular weight excluding hydrogens is 248 g/mol. The summed E-state index contributed by atoms with van der Waals surface area (Å²) in [6.45, 7) is 0. The van der Waals surface area contributed by atoms with Crippen molar-refractivity contribution in [3.63, 3.8) is 0 Å². The normalized spacial score (nSPS) is 21.8. The summed E-state index contributed by atoms with van der Waals surface area (Å²) in [4.78, 5) is 10.6. The quantitative estimate of drug-likeness (QED) is 0.701. The van der Waals surface area contributed by atoms with Crippen LogP contribution in [0.25, 0.3) is 0 Å². The number of rotatable bonds is 5. The van der Waals surface area contributed by atoms with Crippen LogP contribution in [-0.2, 0) is 4.79 Å². The molecule has 0 spiro atoms. The standard InChI is InChI=1S/C14H18OS2/c15-10-3-8-14(16-11-4-12-17-14)9-7-13-5-1-2-6-13/h1-2,5-7,10H,3-4,8-9,11-12H2. The Morgan fingerprint density at radius 3 is 2.59 bits per heavy atom. The largest absolute Gasteiger partial charge is 0.303 e. The van der Waals surface area contributed by atoms with Gasteiger partial charge >= 0.3 is 0 Å². The van der Waals surface area contributed by atoms with Crippen molar-refractivity contribution in [2.24, 2.45) is 0 Å². The molecule has 0 atom stereocenters. The molecule has 0 N–H and O–H groups in total. The predicted octanol–water partition coefficient (Wildman–Crippen LogP) is 3.97. The van der Waals surface area contributed by atoms with Crippen molar-refractivity contribution < 1.29 is 4.79 Å². The van der Waals surface area contributed by atoms with Crippen molar-refractivity contribution in [2.45, 2.75) is 29.8 Å². The van der Waals surface area contributed by atoms with E-state index >= 15 is 0 Å². The molecule has 1 fully saturated rings. The van der Waals surface area contributed by atoms with Crippen molar-refractivity contribution in [3.05, 3.63) is 36.0 Å². The van der Waals surface area contributed by atoms with Crippen LogP contribution >= 0.6 is 23.5 Å². The molecule has 0 unspecified atom stereocenters. The van der Waals surface area contributed by atoms with Gasteiger partial charge in [-0.25, -0.2) is 0 Å². The third kappa shape index (κ3) is 3.78. The van der Waals surface area contributed by atoms with Gasteiger partial charge in [0.15, 0.2) is 0 Å². The Balaban J connectivity index is 1.99. The van der Waals surface area contributed by atoms with Crippen molar-refractivity contribution in [1.82, 2.24) is 0 Å². The van der Waals surface area contributed by atoms with Gasteiger partial charge in [-0.15, -0.1) is 23.5 Å². The third-order valence-electron chi connectivity index (χ3n) is 3.00. The second-order valence-corrected chi connectivity index (χ2v) is 7.51. The highest BCUT2D eigenvalue weighted by Crippen LogP contribution is 2.48. The molecule has 1 nitrogen and oxygen atoms in total. The summed E-state index contributed by atoms with van der Waals surface area (Å²) >= 11 is 4.09. The highest BCUT2D eigenvalue weighted by molar-refractivity contribution is 8.18. The van der Waals surface area contributed by atoms with Gasteiger partial charge in [0.2, 0.25) is 0 Å². The molecule has 0 amide bonds. The molecule has 0 aromatic heterocycles. The van der Waals surface area contributed by atoms with Crippen molar-refractivity contribution in [1.29, 1.82) is 0 Å². The van der Waals surface area contributed by atoms with E-state index in [1.807, 2.05) is 23.5 Å². The van der Waals surface area contributed by atoms with Crippen LogP contribution in [0.2, 0.25) is 0 Å². The zero-order valence-electron chi connectivity index (χ0n) is 9.93. The number of carbonyl (C=O) groups is 1. The van der Waals surface area contributed by atoms with Crippen molar-refractivity contribution >= 4 is 29.8 Å². The summed E-state index contributed by atoms with van der Waals surface area (Å²) in [6.07, 6.45) is 15.9. The smallest absolute Gasteiger partial charge is 0.120 e. The number of thioether (sulfide) groups is 2. The number of hydrogen-bond donors (Lipinski definition) is 0. The number of aldehydes is 1. The van der Waals surface area contributed by atoms with E-state index in [2.05, 4.69) is 30.4 Å². The molecule has 0 aromatic carbocycles. The maximum absolute atomic E-state index is 10.6. The first-order chi connectivity index (χ1) is 8.35. The van der Waals surface area contributed by atoms with Crippen LogP contribution in [0.4, 0.5) is 0 Å². The average molecular weight is 266 g/mol. The van der Waals surface area contributed by atoms with Gasteiger partial charge in [-0.2, -0.15) is 0 Å². The van der Waals surface area contributed by atoms with Gasteiger partial charge in [0, 0.05) is 6.42 Å². The SMILES string of the molecule is O=CCCC1(CC=C2C=CC=C2)SCCCS1. The van der Waals surface area contributed by atoms with E-state index < -0.39 is 0 Å². The zero-order valence-corrected chi connectivity index (χ0v) is 11.6. The molecule has 92 valence electrons. The number of allylic oxidation sites excluding steroid dienone is 6.